The van der Waals surface area contributed by atoms with Crippen molar-refractivity contribution >= 4 is 11.5 Å². The summed E-state index contributed by atoms with van der Waals surface area (Å²) in [7, 11) is 1.90. The van der Waals surface area contributed by atoms with Crippen molar-refractivity contribution in [3.63, 3.8) is 0 Å². The Kier molecular flexibility index (Phi) is 4.70. The van der Waals surface area contributed by atoms with Crippen LogP contribution >= 0.6 is 0 Å². The predicted octanol–water partition coefficient (Wildman–Crippen LogP) is 5.18. The lowest BCUT2D eigenvalue weighted by molar-refractivity contribution is -0.148. The number of aryl methyl sites for hydroxylation is 1. The first-order chi connectivity index (χ1) is 14.8. The van der Waals surface area contributed by atoms with Crippen molar-refractivity contribution in [2.45, 2.75) is 71.8 Å². The Hall–Kier alpha value is -2.35. The molecule has 164 valence electrons. The molecular weight excluding hydrogens is 386 g/mol. The molecule has 0 aromatic carbocycles. The molecule has 2 saturated carbocycles. The molecule has 0 spiro atoms. The minimum atomic E-state index is -0.160. The van der Waals surface area contributed by atoms with Gasteiger partial charge >= 0.3 is 5.97 Å². The van der Waals surface area contributed by atoms with E-state index in [1.807, 2.05) is 13.2 Å². The third-order valence-electron chi connectivity index (χ3n) is 9.18. The summed E-state index contributed by atoms with van der Waals surface area (Å²) in [5.74, 6) is 1.80. The Morgan fingerprint density at radius 2 is 1.97 bits per heavy atom. The van der Waals surface area contributed by atoms with Gasteiger partial charge in [0, 0.05) is 26.6 Å². The maximum absolute atomic E-state index is 11.5. The van der Waals surface area contributed by atoms with E-state index in [4.69, 9.17) is 4.74 Å². The predicted molar refractivity (Wildman–Crippen MR) is 119 cm³/mol. The van der Waals surface area contributed by atoms with Crippen molar-refractivity contribution in [2.24, 2.45) is 35.6 Å². The monoisotopic (exact) mass is 419 g/mol. The quantitative estimate of drug-likeness (QED) is 0.489. The van der Waals surface area contributed by atoms with Gasteiger partial charge < -0.3 is 4.74 Å². The Balaban J connectivity index is 1.43. The van der Waals surface area contributed by atoms with E-state index in [9.17, 15) is 10.1 Å². The van der Waals surface area contributed by atoms with Gasteiger partial charge in [-0.25, -0.2) is 0 Å². The summed E-state index contributed by atoms with van der Waals surface area (Å²) in [5.41, 5.74) is 4.74. The van der Waals surface area contributed by atoms with Gasteiger partial charge in [-0.2, -0.15) is 10.4 Å². The molecule has 4 aliphatic carbocycles. The Morgan fingerprint density at radius 1 is 1.19 bits per heavy atom. The fourth-order valence-corrected chi connectivity index (χ4v) is 7.67. The van der Waals surface area contributed by atoms with Gasteiger partial charge in [-0.1, -0.05) is 31.6 Å². The molecule has 0 saturated heterocycles. The molecule has 0 amide bonds. The lowest BCUT2D eigenvalue weighted by atomic mass is 9.47. The summed E-state index contributed by atoms with van der Waals surface area (Å²) in [6, 6.07) is 2.35. The molecule has 1 aromatic heterocycles. The first-order valence-corrected chi connectivity index (χ1v) is 11.8. The molecular formula is C26H33N3O2. The van der Waals surface area contributed by atoms with Crippen molar-refractivity contribution in [1.29, 1.82) is 5.26 Å². The average molecular weight is 420 g/mol. The molecule has 2 fully saturated rings. The zero-order valence-electron chi connectivity index (χ0n) is 19.1. The molecule has 5 rings (SSSR count). The lowest BCUT2D eigenvalue weighted by Crippen LogP contribution is -2.50. The Bertz CT molecular complexity index is 1030. The highest BCUT2D eigenvalue weighted by Crippen LogP contribution is 2.66. The molecule has 5 nitrogen and oxygen atoms in total. The number of nitriles is 1. The van der Waals surface area contributed by atoms with Crippen LogP contribution in [0.25, 0.3) is 5.57 Å². The van der Waals surface area contributed by atoms with E-state index in [-0.39, 0.29) is 22.9 Å². The van der Waals surface area contributed by atoms with Gasteiger partial charge in [-0.3, -0.25) is 9.48 Å². The highest BCUT2D eigenvalue weighted by Gasteiger charge is 2.57. The molecule has 31 heavy (non-hydrogen) atoms. The third-order valence-corrected chi connectivity index (χ3v) is 9.18. The molecule has 0 aliphatic heterocycles. The number of hydrogen-bond donors (Lipinski definition) is 0. The minimum absolute atomic E-state index is 0.0514. The first kappa shape index (κ1) is 20.5. The van der Waals surface area contributed by atoms with Crippen molar-refractivity contribution in [3.05, 3.63) is 35.2 Å². The molecule has 1 heterocycles. The number of allylic oxidation sites excluding steroid dienone is 3. The summed E-state index contributed by atoms with van der Waals surface area (Å²) in [4.78, 5) is 11.5. The molecule has 5 heteroatoms. The number of rotatable bonds is 2. The molecule has 4 aliphatic rings. The van der Waals surface area contributed by atoms with Crippen LogP contribution in [0.3, 0.4) is 0 Å². The maximum atomic E-state index is 11.5. The van der Waals surface area contributed by atoms with E-state index in [1.165, 1.54) is 24.5 Å². The van der Waals surface area contributed by atoms with E-state index in [2.05, 4.69) is 37.2 Å². The van der Waals surface area contributed by atoms with Gasteiger partial charge in [0.2, 0.25) is 0 Å². The Labute approximate surface area is 185 Å². The number of carbonyl (C=O) groups excluding carboxylic acids is 1. The SMILES string of the molecule is CC(=O)O[C@H]1CC[C@@]2(C)C(=CC[C@@H]3[C@@H]2CC[C@]2(C)C(c4nn(C)cc4C#N)=CC[C@@H]32)C1. The highest BCUT2D eigenvalue weighted by atomic mass is 16.5. The van der Waals surface area contributed by atoms with Crippen LogP contribution in [-0.2, 0) is 16.6 Å². The smallest absolute Gasteiger partial charge is 0.302 e. The van der Waals surface area contributed by atoms with Crippen molar-refractivity contribution in [2.75, 3.05) is 0 Å². The van der Waals surface area contributed by atoms with Crippen LogP contribution in [0, 0.1) is 39.9 Å². The fraction of sp³-hybridized carbons (Fsp3) is 0.654. The number of aromatic nitrogens is 2. The summed E-state index contributed by atoms with van der Waals surface area (Å²) >= 11 is 0. The van der Waals surface area contributed by atoms with Gasteiger partial charge in [0.25, 0.3) is 0 Å². The first-order valence-electron chi connectivity index (χ1n) is 11.8. The topological polar surface area (TPSA) is 67.9 Å². The number of esters is 1. The van der Waals surface area contributed by atoms with Crippen LogP contribution in [0.5, 0.6) is 0 Å². The summed E-state index contributed by atoms with van der Waals surface area (Å²) in [5, 5.41) is 14.3. The second-order valence-corrected chi connectivity index (χ2v) is 10.7. The van der Waals surface area contributed by atoms with E-state index in [0.29, 0.717) is 23.3 Å². The van der Waals surface area contributed by atoms with E-state index in [0.717, 1.165) is 44.2 Å². The number of fused-ring (bicyclic) bond motifs is 5. The zero-order chi connectivity index (χ0) is 22.0. The summed E-state index contributed by atoms with van der Waals surface area (Å²) < 4.78 is 7.34. The second kappa shape index (κ2) is 7.08. The van der Waals surface area contributed by atoms with Gasteiger partial charge in [0.1, 0.15) is 17.9 Å². The fourth-order valence-electron chi connectivity index (χ4n) is 7.67. The number of nitrogens with zero attached hydrogens (tertiary/aromatic N) is 3. The minimum Gasteiger partial charge on any atom is -0.462 e. The molecule has 6 atom stereocenters. The normalized spacial score (nSPS) is 38.8. The largest absolute Gasteiger partial charge is 0.462 e. The number of carbonyl (C=O) groups is 1. The van der Waals surface area contributed by atoms with E-state index < -0.39 is 0 Å². The number of hydrogen-bond acceptors (Lipinski definition) is 4. The standard InChI is InChI=1S/C26H33N3O2/c1-16(30)31-19-9-11-25(2)18(13-19)5-6-20-21-7-8-23(26(21,3)12-10-22(20)25)24-17(14-27)15-29(4)28-24/h5,8,15,19-22H,6-7,9-13H2,1-4H3/t19-,20-,21-,22-,25-,26-/m0/s1. The van der Waals surface area contributed by atoms with Gasteiger partial charge in [-0.05, 0) is 72.7 Å². The van der Waals surface area contributed by atoms with Crippen LogP contribution in [0.2, 0.25) is 0 Å². The average Bonchev–Trinajstić information content (AvgIpc) is 3.26. The van der Waals surface area contributed by atoms with E-state index in [1.54, 1.807) is 4.68 Å². The molecule has 0 radical (unpaired) electrons. The summed E-state index contributed by atoms with van der Waals surface area (Å²) in [6.07, 6.45) is 14.3. The molecule has 0 bridgehead atoms. The Morgan fingerprint density at radius 3 is 2.71 bits per heavy atom. The second-order valence-electron chi connectivity index (χ2n) is 10.7. The van der Waals surface area contributed by atoms with Crippen LogP contribution in [-0.4, -0.2) is 21.9 Å². The molecule has 1 aromatic rings. The van der Waals surface area contributed by atoms with Crippen LogP contribution in [0.15, 0.2) is 23.9 Å². The highest BCUT2D eigenvalue weighted by molar-refractivity contribution is 5.74. The van der Waals surface area contributed by atoms with Gasteiger partial charge in [-0.15, -0.1) is 0 Å². The zero-order valence-corrected chi connectivity index (χ0v) is 19.1. The van der Waals surface area contributed by atoms with Crippen molar-refractivity contribution in [3.8, 4) is 6.07 Å². The van der Waals surface area contributed by atoms with E-state index >= 15 is 0 Å². The molecule has 0 N–H and O–H groups in total. The summed E-state index contributed by atoms with van der Waals surface area (Å²) in [6.45, 7) is 6.41. The number of ether oxygens (including phenoxy) is 1. The van der Waals surface area contributed by atoms with Gasteiger partial charge in [0.15, 0.2) is 0 Å². The van der Waals surface area contributed by atoms with Crippen molar-refractivity contribution < 1.29 is 9.53 Å². The van der Waals surface area contributed by atoms with Crippen LogP contribution < -0.4 is 0 Å². The molecule has 0 unspecified atom stereocenters. The van der Waals surface area contributed by atoms with Crippen LogP contribution in [0.1, 0.15) is 77.0 Å². The lowest BCUT2D eigenvalue weighted by Gasteiger charge is -2.57. The van der Waals surface area contributed by atoms with Crippen molar-refractivity contribution in [1.82, 2.24) is 9.78 Å². The third kappa shape index (κ3) is 3.02. The van der Waals surface area contributed by atoms with Gasteiger partial charge in [0.05, 0.1) is 5.56 Å². The maximum Gasteiger partial charge on any atom is 0.302 e. The van der Waals surface area contributed by atoms with Crippen LogP contribution in [0.4, 0.5) is 0 Å².